The average molecular weight is 196 g/mol. The van der Waals surface area contributed by atoms with Gasteiger partial charge in [-0.15, -0.1) is 0 Å². The van der Waals surface area contributed by atoms with Gasteiger partial charge in [-0.05, 0) is 9.39 Å². The fourth-order valence-electron chi connectivity index (χ4n) is 0.462. The lowest BCUT2D eigenvalue weighted by Gasteiger charge is -2.08. The third-order valence-corrected chi connectivity index (χ3v) is 1.77. The van der Waals surface area contributed by atoms with Gasteiger partial charge in [-0.2, -0.15) is 0 Å². The number of carboxylic acids is 1. The smallest absolute Gasteiger partial charge is 0.321 e. The molecule has 11 heavy (non-hydrogen) atoms. The molecule has 0 fully saturated rings. The Bertz CT molecular complexity index is 163. The molecule has 0 saturated carbocycles. The zero-order chi connectivity index (χ0) is 8.85. The van der Waals surface area contributed by atoms with Crippen molar-refractivity contribution < 1.29 is 14.7 Å². The first-order valence-electron chi connectivity index (χ1n) is 2.80. The molecule has 5 nitrogen and oxygen atoms in total. The SMILES string of the molecule is O=C(C[C@H](NP)C(=O)O)NP. The number of hydrogen-bond acceptors (Lipinski definition) is 3. The monoisotopic (exact) mass is 196 g/mol. The van der Waals surface area contributed by atoms with E-state index in [2.05, 4.69) is 19.6 Å². The Kier molecular flexibility index (Phi) is 5.30. The Morgan fingerprint density at radius 2 is 2.00 bits per heavy atom. The fourth-order valence-corrected chi connectivity index (χ4v) is 0.840. The standard InChI is InChI=1S/C4H10N2O3P2/c7-3(6-11)1-2(5-10)4(8)9/h2,5H,1,10-11H2,(H,6,7)(H,8,9)/t2-/m0/s1. The molecule has 0 aromatic carbocycles. The molecule has 0 bridgehead atoms. The fraction of sp³-hybridized carbons (Fsp3) is 0.500. The summed E-state index contributed by atoms with van der Waals surface area (Å²) in [6.07, 6.45) is -0.0810. The van der Waals surface area contributed by atoms with Crippen LogP contribution in [0.3, 0.4) is 0 Å². The molecule has 1 amide bonds. The summed E-state index contributed by atoms with van der Waals surface area (Å²) in [7, 11) is 4.07. The lowest BCUT2D eigenvalue weighted by Crippen LogP contribution is -2.34. The summed E-state index contributed by atoms with van der Waals surface area (Å²) in [5, 5.41) is 13.1. The molecule has 0 rings (SSSR count). The molecule has 0 aliphatic carbocycles. The molecule has 64 valence electrons. The van der Waals surface area contributed by atoms with E-state index >= 15 is 0 Å². The van der Waals surface area contributed by atoms with Gasteiger partial charge >= 0.3 is 5.97 Å². The highest BCUT2D eigenvalue weighted by atomic mass is 31.0. The Morgan fingerprint density at radius 1 is 1.45 bits per heavy atom. The Labute approximate surface area is 68.8 Å². The Balaban J connectivity index is 3.88. The number of hydrogen-bond donors (Lipinski definition) is 3. The van der Waals surface area contributed by atoms with E-state index in [4.69, 9.17) is 5.11 Å². The van der Waals surface area contributed by atoms with Gasteiger partial charge in [0.05, 0.1) is 6.42 Å². The van der Waals surface area contributed by atoms with Gasteiger partial charge in [-0.3, -0.25) is 14.7 Å². The summed E-state index contributed by atoms with van der Waals surface area (Å²) in [5.41, 5.74) is 0. The van der Waals surface area contributed by atoms with Crippen molar-refractivity contribution in [2.24, 2.45) is 0 Å². The third-order valence-electron chi connectivity index (χ3n) is 1.05. The van der Waals surface area contributed by atoms with Crippen LogP contribution in [-0.2, 0) is 9.59 Å². The van der Waals surface area contributed by atoms with E-state index in [1.807, 2.05) is 9.39 Å². The predicted octanol–water partition coefficient (Wildman–Crippen LogP) is -0.884. The van der Waals surface area contributed by atoms with Crippen LogP contribution in [0, 0.1) is 0 Å². The minimum Gasteiger partial charge on any atom is -0.480 e. The first kappa shape index (κ1) is 10.8. The summed E-state index contributed by atoms with van der Waals surface area (Å²) in [4.78, 5) is 21.0. The molecule has 0 radical (unpaired) electrons. The molecule has 0 aliphatic heterocycles. The highest BCUT2D eigenvalue weighted by Gasteiger charge is 2.17. The minimum atomic E-state index is -1.05. The van der Waals surface area contributed by atoms with Crippen LogP contribution in [0.1, 0.15) is 6.42 Å². The van der Waals surface area contributed by atoms with E-state index in [1.165, 1.54) is 0 Å². The first-order valence-corrected chi connectivity index (χ1v) is 3.95. The summed E-state index contributed by atoms with van der Waals surface area (Å²) in [6, 6.07) is -0.847. The van der Waals surface area contributed by atoms with Crippen LogP contribution in [0.5, 0.6) is 0 Å². The summed E-state index contributed by atoms with van der Waals surface area (Å²) < 4.78 is 0. The Hall–Kier alpha value is -0.240. The van der Waals surface area contributed by atoms with Crippen LogP contribution in [0.25, 0.3) is 0 Å². The quantitative estimate of drug-likeness (QED) is 0.510. The molecule has 2 unspecified atom stereocenters. The highest BCUT2D eigenvalue weighted by molar-refractivity contribution is 7.15. The zero-order valence-electron chi connectivity index (χ0n) is 5.70. The van der Waals surface area contributed by atoms with Crippen LogP contribution in [0.2, 0.25) is 0 Å². The number of rotatable bonds is 4. The molecular formula is C4H10N2O3P2. The molecule has 3 atom stereocenters. The van der Waals surface area contributed by atoms with E-state index in [-0.39, 0.29) is 12.3 Å². The van der Waals surface area contributed by atoms with Gasteiger partial charge in [0.2, 0.25) is 5.91 Å². The first-order chi connectivity index (χ1) is 5.11. The predicted molar refractivity (Wildman–Crippen MR) is 46.7 cm³/mol. The average Bonchev–Trinajstić information content (AvgIpc) is 1.99. The second-order valence-corrected chi connectivity index (χ2v) is 2.45. The van der Waals surface area contributed by atoms with Crippen molar-refractivity contribution in [1.29, 1.82) is 0 Å². The third kappa shape index (κ3) is 4.25. The molecular weight excluding hydrogens is 186 g/mol. The van der Waals surface area contributed by atoms with Gasteiger partial charge in [0.1, 0.15) is 6.04 Å². The minimum absolute atomic E-state index is 0.0810. The van der Waals surface area contributed by atoms with Crippen molar-refractivity contribution >= 4 is 30.7 Å². The van der Waals surface area contributed by atoms with Gasteiger partial charge in [0.15, 0.2) is 0 Å². The van der Waals surface area contributed by atoms with Crippen LogP contribution < -0.4 is 10.2 Å². The van der Waals surface area contributed by atoms with Crippen molar-refractivity contribution in [3.8, 4) is 0 Å². The maximum Gasteiger partial charge on any atom is 0.321 e. The second-order valence-electron chi connectivity index (χ2n) is 1.83. The molecule has 0 aromatic rings. The van der Waals surface area contributed by atoms with Gasteiger partial charge < -0.3 is 10.2 Å². The Morgan fingerprint density at radius 3 is 2.27 bits per heavy atom. The van der Waals surface area contributed by atoms with E-state index < -0.39 is 12.0 Å². The molecule has 0 spiro atoms. The largest absolute Gasteiger partial charge is 0.480 e. The summed E-state index contributed by atoms with van der Waals surface area (Å²) in [6.45, 7) is 0. The highest BCUT2D eigenvalue weighted by Crippen LogP contribution is 1.95. The molecule has 0 aromatic heterocycles. The van der Waals surface area contributed by atoms with Crippen LogP contribution in [-0.4, -0.2) is 23.0 Å². The zero-order valence-corrected chi connectivity index (χ0v) is 8.01. The summed E-state index contributed by atoms with van der Waals surface area (Å²) >= 11 is 0. The lowest BCUT2D eigenvalue weighted by atomic mass is 10.2. The molecule has 0 saturated heterocycles. The number of carboxylic acid groups (broad SMARTS) is 1. The van der Waals surface area contributed by atoms with Crippen molar-refractivity contribution in [2.75, 3.05) is 0 Å². The summed E-state index contributed by atoms with van der Waals surface area (Å²) in [5.74, 6) is -1.38. The molecule has 0 aliphatic rings. The maximum absolute atomic E-state index is 10.6. The number of aliphatic carboxylic acids is 1. The number of amides is 1. The van der Waals surface area contributed by atoms with Gasteiger partial charge in [-0.25, -0.2) is 0 Å². The van der Waals surface area contributed by atoms with Crippen molar-refractivity contribution in [2.45, 2.75) is 12.5 Å². The van der Waals surface area contributed by atoms with Crippen molar-refractivity contribution in [1.82, 2.24) is 10.2 Å². The van der Waals surface area contributed by atoms with Gasteiger partial charge in [0, 0.05) is 0 Å². The van der Waals surface area contributed by atoms with Crippen molar-refractivity contribution in [3.63, 3.8) is 0 Å². The molecule has 3 N–H and O–H groups in total. The second kappa shape index (κ2) is 5.42. The topological polar surface area (TPSA) is 78.4 Å². The number of carbonyl (C=O) groups is 2. The van der Waals surface area contributed by atoms with Crippen molar-refractivity contribution in [3.05, 3.63) is 0 Å². The van der Waals surface area contributed by atoms with E-state index in [0.29, 0.717) is 0 Å². The van der Waals surface area contributed by atoms with Crippen LogP contribution >= 0.6 is 18.8 Å². The lowest BCUT2D eigenvalue weighted by molar-refractivity contribution is -0.140. The number of carbonyl (C=O) groups excluding carboxylic acids is 1. The van der Waals surface area contributed by atoms with Gasteiger partial charge in [-0.1, -0.05) is 9.39 Å². The normalized spacial score (nSPS) is 12.2. The maximum atomic E-state index is 10.6. The van der Waals surface area contributed by atoms with E-state index in [9.17, 15) is 9.59 Å². The van der Waals surface area contributed by atoms with Crippen LogP contribution in [0.4, 0.5) is 0 Å². The van der Waals surface area contributed by atoms with E-state index in [0.717, 1.165) is 0 Å². The van der Waals surface area contributed by atoms with E-state index in [1.54, 1.807) is 0 Å². The number of nitrogens with one attached hydrogen (secondary N) is 2. The van der Waals surface area contributed by atoms with Gasteiger partial charge in [0.25, 0.3) is 0 Å². The van der Waals surface area contributed by atoms with Crippen LogP contribution in [0.15, 0.2) is 0 Å². The molecule has 0 heterocycles. The molecule has 7 heteroatoms.